The van der Waals surface area contributed by atoms with Crippen LogP contribution in [0.4, 0.5) is 13.2 Å². The van der Waals surface area contributed by atoms with E-state index in [0.717, 1.165) is 12.1 Å². The number of halogens is 3. The van der Waals surface area contributed by atoms with Crippen LogP contribution in [-0.4, -0.2) is 25.8 Å². The van der Waals surface area contributed by atoms with E-state index >= 15 is 0 Å². The number of nitrogens with one attached hydrogen (secondary N) is 1. The zero-order valence-electron chi connectivity index (χ0n) is 12.9. The average Bonchev–Trinajstić information content (AvgIpc) is 3.20. The first-order chi connectivity index (χ1) is 11.8. The maximum absolute atomic E-state index is 12.7. The zero-order valence-corrected chi connectivity index (χ0v) is 12.9. The first-order valence-corrected chi connectivity index (χ1v) is 7.10. The number of rotatable bonds is 4. The van der Waals surface area contributed by atoms with Crippen molar-refractivity contribution in [2.45, 2.75) is 12.7 Å². The van der Waals surface area contributed by atoms with Crippen molar-refractivity contribution in [2.75, 3.05) is 0 Å². The van der Waals surface area contributed by atoms with Crippen molar-refractivity contribution in [3.63, 3.8) is 0 Å². The average molecular weight is 351 g/mol. The molecule has 0 aliphatic rings. The van der Waals surface area contributed by atoms with Gasteiger partial charge in [0.15, 0.2) is 0 Å². The molecule has 7 nitrogen and oxygen atoms in total. The third kappa shape index (κ3) is 3.84. The van der Waals surface area contributed by atoms with Crippen molar-refractivity contribution < 1.29 is 22.5 Å². The highest BCUT2D eigenvalue weighted by molar-refractivity contribution is 5.94. The van der Waals surface area contributed by atoms with E-state index in [9.17, 15) is 18.0 Å². The topological polar surface area (TPSA) is 85.8 Å². The number of aromatic nitrogens is 4. The second-order valence-corrected chi connectivity index (χ2v) is 5.18. The summed E-state index contributed by atoms with van der Waals surface area (Å²) in [6.45, 7) is -0.109. The van der Waals surface area contributed by atoms with Gasteiger partial charge in [-0.05, 0) is 18.2 Å². The van der Waals surface area contributed by atoms with Gasteiger partial charge >= 0.3 is 6.18 Å². The molecule has 0 spiro atoms. The van der Waals surface area contributed by atoms with Gasteiger partial charge in [0.05, 0.1) is 23.9 Å². The lowest BCUT2D eigenvalue weighted by Gasteiger charge is -2.08. The summed E-state index contributed by atoms with van der Waals surface area (Å²) in [5, 5.41) is 10.2. The molecule has 2 aromatic heterocycles. The molecule has 1 amide bonds. The Kier molecular flexibility index (Phi) is 4.26. The van der Waals surface area contributed by atoms with E-state index in [4.69, 9.17) is 4.52 Å². The van der Waals surface area contributed by atoms with Gasteiger partial charge in [-0.2, -0.15) is 23.3 Å². The number of hydrogen-bond acceptors (Lipinski definition) is 5. The molecular formula is C15H12F3N5O2. The fourth-order valence-corrected chi connectivity index (χ4v) is 2.08. The van der Waals surface area contributed by atoms with Gasteiger partial charge in [-0.3, -0.25) is 9.48 Å². The number of carbonyl (C=O) groups is 1. The number of aryl methyl sites for hydroxylation is 1. The van der Waals surface area contributed by atoms with E-state index in [1.165, 1.54) is 12.1 Å². The molecule has 0 fully saturated rings. The summed E-state index contributed by atoms with van der Waals surface area (Å²) < 4.78 is 44.6. The van der Waals surface area contributed by atoms with E-state index in [1.54, 1.807) is 24.1 Å². The molecule has 0 radical (unpaired) electrons. The third-order valence-corrected chi connectivity index (χ3v) is 3.28. The van der Waals surface area contributed by atoms with Crippen LogP contribution in [0.1, 0.15) is 21.8 Å². The quantitative estimate of drug-likeness (QED) is 0.780. The third-order valence-electron chi connectivity index (χ3n) is 3.28. The van der Waals surface area contributed by atoms with Crippen LogP contribution in [-0.2, 0) is 19.8 Å². The number of benzene rings is 1. The predicted molar refractivity (Wildman–Crippen MR) is 79.1 cm³/mol. The smallest absolute Gasteiger partial charge is 0.343 e. The van der Waals surface area contributed by atoms with E-state index in [-0.39, 0.29) is 18.0 Å². The summed E-state index contributed by atoms with van der Waals surface area (Å²) in [5.74, 6) is -0.247. The largest absolute Gasteiger partial charge is 0.416 e. The SMILES string of the molecule is Cn1cc(-c2noc(CNC(=O)c3cccc(C(F)(F)F)c3)n2)cn1. The molecule has 0 atom stereocenters. The van der Waals surface area contributed by atoms with Crippen LogP contribution in [0.2, 0.25) is 0 Å². The number of hydrogen-bond donors (Lipinski definition) is 1. The van der Waals surface area contributed by atoms with Crippen molar-refractivity contribution in [1.82, 2.24) is 25.2 Å². The van der Waals surface area contributed by atoms with E-state index in [0.29, 0.717) is 11.4 Å². The second-order valence-electron chi connectivity index (χ2n) is 5.18. The van der Waals surface area contributed by atoms with Gasteiger partial charge in [0, 0.05) is 18.8 Å². The normalized spacial score (nSPS) is 11.5. The molecule has 0 aliphatic heterocycles. The zero-order chi connectivity index (χ0) is 18.0. The Labute approximate surface area is 139 Å². The molecule has 0 saturated heterocycles. The fraction of sp³-hybridized carbons (Fsp3) is 0.200. The Morgan fingerprint density at radius 2 is 2.16 bits per heavy atom. The Morgan fingerprint density at radius 1 is 1.36 bits per heavy atom. The van der Waals surface area contributed by atoms with Crippen LogP contribution in [0, 0.1) is 0 Å². The molecule has 2 heterocycles. The lowest BCUT2D eigenvalue weighted by molar-refractivity contribution is -0.137. The molecule has 10 heteroatoms. The Morgan fingerprint density at radius 3 is 2.84 bits per heavy atom. The summed E-state index contributed by atoms with van der Waals surface area (Å²) in [6.07, 6.45) is -1.27. The molecule has 0 unspecified atom stereocenters. The number of amides is 1. The van der Waals surface area contributed by atoms with Crippen LogP contribution >= 0.6 is 0 Å². The molecule has 0 aliphatic carbocycles. The minimum absolute atomic E-state index is 0.109. The van der Waals surface area contributed by atoms with Gasteiger partial charge in [-0.1, -0.05) is 11.2 Å². The Balaban J connectivity index is 1.66. The van der Waals surface area contributed by atoms with Crippen LogP contribution in [0.15, 0.2) is 41.2 Å². The number of nitrogens with zero attached hydrogens (tertiary/aromatic N) is 4. The summed E-state index contributed by atoms with van der Waals surface area (Å²) in [6, 6.07) is 4.14. The minimum atomic E-state index is -4.51. The monoisotopic (exact) mass is 351 g/mol. The van der Waals surface area contributed by atoms with Crippen molar-refractivity contribution in [3.8, 4) is 11.4 Å². The fourth-order valence-electron chi connectivity index (χ4n) is 2.08. The number of alkyl halides is 3. The van der Waals surface area contributed by atoms with Gasteiger partial charge in [0.1, 0.15) is 0 Å². The molecule has 1 N–H and O–H groups in total. The van der Waals surface area contributed by atoms with Gasteiger partial charge in [-0.15, -0.1) is 0 Å². The predicted octanol–water partition coefficient (Wildman–Crippen LogP) is 2.42. The van der Waals surface area contributed by atoms with Crippen molar-refractivity contribution in [2.24, 2.45) is 7.05 Å². The van der Waals surface area contributed by atoms with E-state index < -0.39 is 17.6 Å². The van der Waals surface area contributed by atoms with Gasteiger partial charge in [0.2, 0.25) is 11.7 Å². The summed E-state index contributed by atoms with van der Waals surface area (Å²) in [4.78, 5) is 16.1. The highest BCUT2D eigenvalue weighted by Gasteiger charge is 2.30. The van der Waals surface area contributed by atoms with Crippen LogP contribution in [0.25, 0.3) is 11.4 Å². The molecule has 0 bridgehead atoms. The van der Waals surface area contributed by atoms with Gasteiger partial charge in [-0.25, -0.2) is 0 Å². The minimum Gasteiger partial charge on any atom is -0.343 e. The van der Waals surface area contributed by atoms with Gasteiger partial charge < -0.3 is 9.84 Å². The molecule has 130 valence electrons. The number of carbonyl (C=O) groups excluding carboxylic acids is 1. The first-order valence-electron chi connectivity index (χ1n) is 7.10. The second kappa shape index (κ2) is 6.38. The van der Waals surface area contributed by atoms with Crippen LogP contribution in [0.5, 0.6) is 0 Å². The molecule has 3 aromatic rings. The summed E-state index contributed by atoms with van der Waals surface area (Å²) in [5.41, 5.74) is -0.361. The van der Waals surface area contributed by atoms with Crippen molar-refractivity contribution in [3.05, 3.63) is 53.7 Å². The Bertz CT molecular complexity index is 900. The molecule has 25 heavy (non-hydrogen) atoms. The van der Waals surface area contributed by atoms with E-state index in [2.05, 4.69) is 20.6 Å². The summed E-state index contributed by atoms with van der Waals surface area (Å²) >= 11 is 0. The van der Waals surface area contributed by atoms with E-state index in [1.807, 2.05) is 0 Å². The molecule has 3 rings (SSSR count). The van der Waals surface area contributed by atoms with Crippen molar-refractivity contribution >= 4 is 5.91 Å². The van der Waals surface area contributed by atoms with Crippen LogP contribution in [0.3, 0.4) is 0 Å². The van der Waals surface area contributed by atoms with Crippen LogP contribution < -0.4 is 5.32 Å². The molecular weight excluding hydrogens is 339 g/mol. The highest BCUT2D eigenvalue weighted by Crippen LogP contribution is 2.29. The van der Waals surface area contributed by atoms with Gasteiger partial charge in [0.25, 0.3) is 5.91 Å². The molecule has 1 aromatic carbocycles. The lowest BCUT2D eigenvalue weighted by atomic mass is 10.1. The first kappa shape index (κ1) is 16.7. The van der Waals surface area contributed by atoms with Crippen molar-refractivity contribution in [1.29, 1.82) is 0 Å². The standard InChI is InChI=1S/C15H12F3N5O2/c1-23-8-10(6-20-23)13-21-12(25-22-13)7-19-14(24)9-3-2-4-11(5-9)15(16,17)18/h2-6,8H,7H2,1H3,(H,19,24). The Hall–Kier alpha value is -3.17. The highest BCUT2D eigenvalue weighted by atomic mass is 19.4. The molecule has 0 saturated carbocycles. The summed E-state index contributed by atoms with van der Waals surface area (Å²) in [7, 11) is 1.74. The maximum atomic E-state index is 12.7. The maximum Gasteiger partial charge on any atom is 0.416 e. The lowest BCUT2D eigenvalue weighted by Crippen LogP contribution is -2.23.